The first-order valence-corrected chi connectivity index (χ1v) is 11.1. The number of rotatable bonds is 6. The molecule has 0 saturated carbocycles. The van der Waals surface area contributed by atoms with Gasteiger partial charge >= 0.3 is 0 Å². The van der Waals surface area contributed by atoms with Crippen molar-refractivity contribution in [1.29, 1.82) is 0 Å². The smallest absolute Gasteiger partial charge is 0.0955 e. The lowest BCUT2D eigenvalue weighted by Gasteiger charge is -2.32. The Hall–Kier alpha value is -0.670. The molecule has 1 saturated heterocycles. The van der Waals surface area contributed by atoms with Crippen LogP contribution >= 0.6 is 7.14 Å². The highest BCUT2D eigenvalue weighted by Gasteiger charge is 2.32. The molecule has 0 radical (unpaired) electrons. The van der Waals surface area contributed by atoms with Gasteiger partial charge in [-0.25, -0.2) is 0 Å². The summed E-state index contributed by atoms with van der Waals surface area (Å²) in [5.74, 6) is 0. The summed E-state index contributed by atoms with van der Waals surface area (Å²) < 4.78 is 13.5. The van der Waals surface area contributed by atoms with E-state index in [1.807, 2.05) is 6.07 Å². The Morgan fingerprint density at radius 2 is 1.57 bits per heavy atom. The Bertz CT molecular complexity index is 476. The Morgan fingerprint density at radius 1 is 1.00 bits per heavy atom. The van der Waals surface area contributed by atoms with Crippen molar-refractivity contribution >= 4 is 7.14 Å². The molecule has 23 heavy (non-hydrogen) atoms. The van der Waals surface area contributed by atoms with Crippen LogP contribution in [-0.4, -0.2) is 63.0 Å². The van der Waals surface area contributed by atoms with Crippen molar-refractivity contribution < 1.29 is 4.57 Å². The van der Waals surface area contributed by atoms with Gasteiger partial charge in [0.1, 0.15) is 0 Å². The van der Waals surface area contributed by atoms with Gasteiger partial charge in [-0.05, 0) is 17.9 Å². The molecule has 0 aromatic heterocycles. The molecule has 0 spiro atoms. The molecule has 1 aromatic carbocycles. The van der Waals surface area contributed by atoms with Gasteiger partial charge in [0.25, 0.3) is 0 Å². The van der Waals surface area contributed by atoms with Crippen molar-refractivity contribution in [3.8, 4) is 0 Å². The molecule has 1 unspecified atom stereocenters. The second-order valence-corrected chi connectivity index (χ2v) is 10.1. The minimum absolute atomic E-state index is 0.152. The first-order chi connectivity index (χ1) is 11.2. The van der Waals surface area contributed by atoms with Gasteiger partial charge < -0.3 is 15.2 Å². The fraction of sp³-hybridized carbons (Fsp3) is 0.667. The summed E-state index contributed by atoms with van der Waals surface area (Å²) in [5, 5.41) is 6.93. The molecule has 4 nitrogen and oxygen atoms in total. The summed E-state index contributed by atoms with van der Waals surface area (Å²) in [6.45, 7) is 11.2. The summed E-state index contributed by atoms with van der Waals surface area (Å²) >= 11 is 0. The van der Waals surface area contributed by atoms with Crippen LogP contribution in [0.15, 0.2) is 30.3 Å². The molecule has 2 rings (SSSR count). The van der Waals surface area contributed by atoms with Gasteiger partial charge in [-0.3, -0.25) is 4.90 Å². The van der Waals surface area contributed by atoms with Crippen molar-refractivity contribution in [2.75, 3.05) is 58.1 Å². The number of hydrogen-bond acceptors (Lipinski definition) is 4. The molecule has 5 heteroatoms. The van der Waals surface area contributed by atoms with Crippen LogP contribution in [0.4, 0.5) is 0 Å². The molecular formula is C18H32N3OP. The third-order valence-electron chi connectivity index (χ3n) is 4.94. The minimum atomic E-state index is -2.20. The zero-order valence-electron chi connectivity index (χ0n) is 14.6. The average molecular weight is 337 g/mol. The molecule has 1 atom stereocenters. The monoisotopic (exact) mass is 337 g/mol. The van der Waals surface area contributed by atoms with Gasteiger partial charge in [0.15, 0.2) is 0 Å². The molecule has 0 bridgehead atoms. The second-order valence-electron chi connectivity index (χ2n) is 6.31. The minimum Gasteiger partial charge on any atom is -0.323 e. The van der Waals surface area contributed by atoms with E-state index in [-0.39, 0.29) is 5.66 Å². The van der Waals surface area contributed by atoms with E-state index in [4.69, 9.17) is 0 Å². The largest absolute Gasteiger partial charge is 0.323 e. The fourth-order valence-corrected chi connectivity index (χ4v) is 5.88. The van der Waals surface area contributed by atoms with Crippen LogP contribution in [0.1, 0.15) is 25.1 Å². The molecule has 0 amide bonds. The Balaban J connectivity index is 2.17. The molecule has 130 valence electrons. The standard InChI is InChI=1S/C18H32N3OP/c1-3-23(22,4-2)18(17-8-6-5-7-9-17)16-21-14-12-19-10-11-20-13-15-21/h5-9,18-20H,3-4,10-16H2,1-2H3. The van der Waals surface area contributed by atoms with Crippen molar-refractivity contribution in [3.05, 3.63) is 35.9 Å². The highest BCUT2D eigenvalue weighted by atomic mass is 31.2. The summed E-state index contributed by atoms with van der Waals surface area (Å²) in [7, 11) is -2.20. The molecular weight excluding hydrogens is 305 g/mol. The predicted molar refractivity (Wildman–Crippen MR) is 100 cm³/mol. The van der Waals surface area contributed by atoms with E-state index in [9.17, 15) is 4.57 Å². The lowest BCUT2D eigenvalue weighted by atomic mass is 10.1. The van der Waals surface area contributed by atoms with Crippen LogP contribution in [0.2, 0.25) is 0 Å². The van der Waals surface area contributed by atoms with E-state index in [1.54, 1.807) is 0 Å². The Morgan fingerprint density at radius 3 is 2.09 bits per heavy atom. The highest BCUT2D eigenvalue weighted by Crippen LogP contribution is 2.58. The summed E-state index contributed by atoms with van der Waals surface area (Å²) in [5.41, 5.74) is 1.39. The molecule has 1 aliphatic rings. The summed E-state index contributed by atoms with van der Waals surface area (Å²) in [4.78, 5) is 2.47. The summed E-state index contributed by atoms with van der Waals surface area (Å²) in [6.07, 6.45) is 1.57. The van der Waals surface area contributed by atoms with E-state index in [1.165, 1.54) is 5.56 Å². The van der Waals surface area contributed by atoms with Gasteiger partial charge in [-0.1, -0.05) is 44.2 Å². The number of nitrogens with one attached hydrogen (secondary N) is 2. The summed E-state index contributed by atoms with van der Waals surface area (Å²) in [6, 6.07) is 10.5. The molecule has 1 fully saturated rings. The topological polar surface area (TPSA) is 44.4 Å². The maximum atomic E-state index is 13.5. The van der Waals surface area contributed by atoms with E-state index in [0.717, 1.165) is 58.1 Å². The Labute approximate surface area is 141 Å². The van der Waals surface area contributed by atoms with Gasteiger partial charge in [0.2, 0.25) is 0 Å². The second kappa shape index (κ2) is 9.58. The van der Waals surface area contributed by atoms with E-state index >= 15 is 0 Å². The van der Waals surface area contributed by atoms with Crippen molar-refractivity contribution in [2.24, 2.45) is 0 Å². The van der Waals surface area contributed by atoms with Gasteiger partial charge in [0.05, 0.1) is 12.8 Å². The normalized spacial score (nSPS) is 19.6. The van der Waals surface area contributed by atoms with E-state index < -0.39 is 7.14 Å². The van der Waals surface area contributed by atoms with Crippen molar-refractivity contribution in [1.82, 2.24) is 15.5 Å². The number of nitrogens with zero attached hydrogens (tertiary/aromatic N) is 1. The first-order valence-electron chi connectivity index (χ1n) is 8.96. The molecule has 1 aliphatic heterocycles. The molecule has 2 N–H and O–H groups in total. The van der Waals surface area contributed by atoms with Crippen molar-refractivity contribution in [3.63, 3.8) is 0 Å². The van der Waals surface area contributed by atoms with Crippen LogP contribution in [0.25, 0.3) is 0 Å². The Kier molecular flexibility index (Phi) is 7.78. The maximum absolute atomic E-state index is 13.5. The van der Waals surface area contributed by atoms with Crippen LogP contribution < -0.4 is 10.6 Å². The number of benzene rings is 1. The van der Waals surface area contributed by atoms with Gasteiger partial charge in [0, 0.05) is 45.8 Å². The van der Waals surface area contributed by atoms with Crippen LogP contribution in [0.5, 0.6) is 0 Å². The molecule has 1 aromatic rings. The zero-order valence-corrected chi connectivity index (χ0v) is 15.5. The van der Waals surface area contributed by atoms with Gasteiger partial charge in [-0.15, -0.1) is 0 Å². The van der Waals surface area contributed by atoms with Crippen LogP contribution in [-0.2, 0) is 4.57 Å². The SMILES string of the molecule is CCP(=O)(CC)C(CN1CCNCCNCC1)c1ccccc1. The van der Waals surface area contributed by atoms with E-state index in [2.05, 4.69) is 53.6 Å². The zero-order chi connectivity index (χ0) is 16.5. The van der Waals surface area contributed by atoms with Crippen molar-refractivity contribution in [2.45, 2.75) is 19.5 Å². The number of hydrogen-bond donors (Lipinski definition) is 2. The van der Waals surface area contributed by atoms with Crippen LogP contribution in [0, 0.1) is 0 Å². The fourth-order valence-electron chi connectivity index (χ4n) is 3.31. The average Bonchev–Trinajstić information content (AvgIpc) is 2.73. The lowest BCUT2D eigenvalue weighted by Crippen LogP contribution is -2.37. The van der Waals surface area contributed by atoms with Gasteiger partial charge in [-0.2, -0.15) is 0 Å². The van der Waals surface area contributed by atoms with Crippen LogP contribution in [0.3, 0.4) is 0 Å². The quantitative estimate of drug-likeness (QED) is 0.783. The van der Waals surface area contributed by atoms with E-state index in [0.29, 0.717) is 0 Å². The molecule has 1 heterocycles. The first kappa shape index (κ1) is 18.7. The predicted octanol–water partition coefficient (Wildman–Crippen LogP) is 2.63. The highest BCUT2D eigenvalue weighted by molar-refractivity contribution is 7.64. The third kappa shape index (κ3) is 5.42. The lowest BCUT2D eigenvalue weighted by molar-refractivity contribution is 0.279. The maximum Gasteiger partial charge on any atom is 0.0955 e. The third-order valence-corrected chi connectivity index (χ3v) is 8.68. The molecule has 0 aliphatic carbocycles.